The fourth-order valence-corrected chi connectivity index (χ4v) is 4.87. The van der Waals surface area contributed by atoms with Crippen LogP contribution >= 0.6 is 11.3 Å². The number of hydrogen-bond acceptors (Lipinski definition) is 6. The Balaban J connectivity index is 1.41. The van der Waals surface area contributed by atoms with Crippen LogP contribution in [0.15, 0.2) is 36.5 Å². The van der Waals surface area contributed by atoms with Crippen molar-refractivity contribution < 1.29 is 19.1 Å². The van der Waals surface area contributed by atoms with Gasteiger partial charge in [-0.1, -0.05) is 18.2 Å². The summed E-state index contributed by atoms with van der Waals surface area (Å²) in [6.07, 6.45) is 4.04. The number of aromatic nitrogens is 2. The van der Waals surface area contributed by atoms with Crippen LogP contribution in [0.5, 0.6) is 0 Å². The smallest absolute Gasteiger partial charge is 0.342 e. The molecule has 0 fully saturated rings. The van der Waals surface area contributed by atoms with Gasteiger partial charge in [-0.15, -0.1) is 11.3 Å². The maximum Gasteiger partial charge on any atom is 0.342 e. The van der Waals surface area contributed by atoms with Gasteiger partial charge in [-0.05, 0) is 43.9 Å². The average Bonchev–Trinajstić information content (AvgIpc) is 3.41. The van der Waals surface area contributed by atoms with Crippen LogP contribution in [-0.4, -0.2) is 34.2 Å². The summed E-state index contributed by atoms with van der Waals surface area (Å²) in [4.78, 5) is 37.6. The molecule has 154 valence electrons. The average molecular weight is 424 g/mol. The number of carbonyl (C=O) groups excluding carboxylic acids is 3. The lowest BCUT2D eigenvalue weighted by atomic mass is 10.1. The third-order valence-corrected chi connectivity index (χ3v) is 6.19. The van der Waals surface area contributed by atoms with Gasteiger partial charge in [0.05, 0.1) is 23.1 Å². The van der Waals surface area contributed by atoms with E-state index in [4.69, 9.17) is 10.5 Å². The van der Waals surface area contributed by atoms with Crippen molar-refractivity contribution in [2.24, 2.45) is 5.73 Å². The molecule has 0 atom stereocenters. The summed E-state index contributed by atoms with van der Waals surface area (Å²) < 4.78 is 6.78. The number of amides is 2. The third-order valence-electron chi connectivity index (χ3n) is 4.99. The van der Waals surface area contributed by atoms with Gasteiger partial charge >= 0.3 is 5.97 Å². The largest absolute Gasteiger partial charge is 0.452 e. The molecule has 2 heterocycles. The SMILES string of the molecule is Cc1c(C(=O)OCC(=O)Nc2sc3c(c2C(N)=O)CCC3)cnn1-c1ccccc1. The normalized spacial score (nSPS) is 12.4. The van der Waals surface area contributed by atoms with E-state index in [1.54, 1.807) is 11.6 Å². The molecule has 0 aliphatic heterocycles. The number of benzene rings is 1. The first-order valence-corrected chi connectivity index (χ1v) is 10.3. The fourth-order valence-electron chi connectivity index (χ4n) is 3.56. The number of nitrogens with two attached hydrogens (primary N) is 1. The minimum absolute atomic E-state index is 0.277. The van der Waals surface area contributed by atoms with Crippen molar-refractivity contribution in [3.05, 3.63) is 63.8 Å². The van der Waals surface area contributed by atoms with E-state index in [0.29, 0.717) is 16.3 Å². The zero-order valence-electron chi connectivity index (χ0n) is 16.3. The van der Waals surface area contributed by atoms with Crippen molar-refractivity contribution in [2.45, 2.75) is 26.2 Å². The molecule has 0 unspecified atom stereocenters. The zero-order valence-corrected chi connectivity index (χ0v) is 17.1. The highest BCUT2D eigenvalue weighted by atomic mass is 32.1. The van der Waals surface area contributed by atoms with Crippen LogP contribution in [-0.2, 0) is 22.4 Å². The molecule has 0 bridgehead atoms. The lowest BCUT2D eigenvalue weighted by Gasteiger charge is -2.08. The van der Waals surface area contributed by atoms with Crippen molar-refractivity contribution >= 4 is 34.1 Å². The van der Waals surface area contributed by atoms with Crippen LogP contribution in [0.4, 0.5) is 5.00 Å². The molecule has 3 N–H and O–H groups in total. The second kappa shape index (κ2) is 8.11. The van der Waals surface area contributed by atoms with E-state index in [0.717, 1.165) is 35.4 Å². The molecule has 9 heteroatoms. The number of para-hydroxylation sites is 1. The summed E-state index contributed by atoms with van der Waals surface area (Å²) in [5.74, 6) is -1.74. The maximum atomic E-state index is 12.4. The van der Waals surface area contributed by atoms with Gasteiger partial charge < -0.3 is 15.8 Å². The van der Waals surface area contributed by atoms with Gasteiger partial charge in [0.1, 0.15) is 10.6 Å². The van der Waals surface area contributed by atoms with Crippen LogP contribution in [0.3, 0.4) is 0 Å². The topological polar surface area (TPSA) is 116 Å². The number of ether oxygens (including phenoxy) is 1. The third kappa shape index (κ3) is 3.71. The first-order valence-electron chi connectivity index (χ1n) is 9.47. The molecule has 3 aromatic rings. The van der Waals surface area contributed by atoms with Gasteiger partial charge in [-0.2, -0.15) is 5.10 Å². The van der Waals surface area contributed by atoms with Gasteiger partial charge in [-0.3, -0.25) is 9.59 Å². The maximum absolute atomic E-state index is 12.4. The predicted molar refractivity (Wildman–Crippen MR) is 112 cm³/mol. The van der Waals surface area contributed by atoms with E-state index in [9.17, 15) is 14.4 Å². The Morgan fingerprint density at radius 1 is 1.23 bits per heavy atom. The number of thiophene rings is 1. The van der Waals surface area contributed by atoms with E-state index in [1.165, 1.54) is 17.5 Å². The first-order chi connectivity index (χ1) is 14.5. The molecule has 4 rings (SSSR count). The summed E-state index contributed by atoms with van der Waals surface area (Å²) in [7, 11) is 0. The summed E-state index contributed by atoms with van der Waals surface area (Å²) in [6.45, 7) is 1.28. The van der Waals surface area contributed by atoms with Crippen LogP contribution in [0, 0.1) is 6.92 Å². The standard InChI is InChI=1S/C21H20N4O4S/c1-12-15(10-23-25(12)13-6-3-2-4-7-13)21(28)29-11-17(26)24-20-18(19(22)27)14-8-5-9-16(14)30-20/h2-4,6-7,10H,5,8-9,11H2,1H3,(H2,22,27)(H,24,26). The number of rotatable bonds is 6. The molecule has 1 aliphatic carbocycles. The van der Waals surface area contributed by atoms with E-state index in [2.05, 4.69) is 10.4 Å². The van der Waals surface area contributed by atoms with Crippen LogP contribution in [0.2, 0.25) is 0 Å². The van der Waals surface area contributed by atoms with Gasteiger partial charge in [0.25, 0.3) is 11.8 Å². The quantitative estimate of drug-likeness (QED) is 0.590. The number of aryl methyl sites for hydroxylation is 1. The molecule has 0 radical (unpaired) electrons. The number of nitrogens with zero attached hydrogens (tertiary/aromatic N) is 2. The summed E-state index contributed by atoms with van der Waals surface area (Å²) >= 11 is 1.35. The Kier molecular flexibility index (Phi) is 5.37. The van der Waals surface area contributed by atoms with Gasteiger partial charge in [0.15, 0.2) is 6.61 Å². The highest BCUT2D eigenvalue weighted by Gasteiger charge is 2.26. The molecular formula is C21H20N4O4S. The highest BCUT2D eigenvalue weighted by Crippen LogP contribution is 2.38. The van der Waals surface area contributed by atoms with Gasteiger partial charge in [0.2, 0.25) is 0 Å². The molecule has 2 aromatic heterocycles. The monoisotopic (exact) mass is 424 g/mol. The Hall–Kier alpha value is -3.46. The summed E-state index contributed by atoms with van der Waals surface area (Å²) in [6, 6.07) is 9.38. The number of esters is 1. The Morgan fingerprint density at radius 2 is 2.00 bits per heavy atom. The number of primary amides is 1. The number of hydrogen-bond donors (Lipinski definition) is 2. The number of carbonyl (C=O) groups is 3. The molecule has 2 amide bonds. The molecule has 1 aliphatic rings. The first kappa shape index (κ1) is 19.8. The van der Waals surface area contributed by atoms with Gasteiger partial charge in [0, 0.05) is 4.88 Å². The molecule has 0 saturated carbocycles. The van der Waals surface area contributed by atoms with Crippen LogP contribution < -0.4 is 11.1 Å². The van der Waals surface area contributed by atoms with Crippen LogP contribution in [0.25, 0.3) is 5.69 Å². The zero-order chi connectivity index (χ0) is 21.3. The Bertz CT molecular complexity index is 1130. The fraction of sp³-hybridized carbons (Fsp3) is 0.238. The van der Waals surface area contributed by atoms with Crippen molar-refractivity contribution in [1.29, 1.82) is 0 Å². The second-order valence-corrected chi connectivity index (χ2v) is 8.05. The molecule has 0 spiro atoms. The number of nitrogens with one attached hydrogen (secondary N) is 1. The predicted octanol–water partition coefficient (Wildman–Crippen LogP) is 2.63. The Morgan fingerprint density at radius 3 is 2.73 bits per heavy atom. The second-order valence-electron chi connectivity index (χ2n) is 6.94. The summed E-state index contributed by atoms with van der Waals surface area (Å²) in [5.41, 5.74) is 8.48. The lowest BCUT2D eigenvalue weighted by Crippen LogP contribution is -2.23. The van der Waals surface area contributed by atoms with E-state index < -0.39 is 24.4 Å². The number of anilines is 1. The van der Waals surface area contributed by atoms with Crippen molar-refractivity contribution in [1.82, 2.24) is 9.78 Å². The van der Waals surface area contributed by atoms with E-state index >= 15 is 0 Å². The van der Waals surface area contributed by atoms with Gasteiger partial charge in [-0.25, -0.2) is 9.48 Å². The molecule has 30 heavy (non-hydrogen) atoms. The van der Waals surface area contributed by atoms with Crippen LogP contribution in [0.1, 0.15) is 43.3 Å². The highest BCUT2D eigenvalue weighted by molar-refractivity contribution is 7.17. The van der Waals surface area contributed by atoms with Crippen molar-refractivity contribution in [3.63, 3.8) is 0 Å². The van der Waals surface area contributed by atoms with Crippen molar-refractivity contribution in [3.8, 4) is 5.69 Å². The minimum Gasteiger partial charge on any atom is -0.452 e. The molecule has 8 nitrogen and oxygen atoms in total. The molecule has 1 aromatic carbocycles. The lowest BCUT2D eigenvalue weighted by molar-refractivity contribution is -0.119. The molecule has 0 saturated heterocycles. The van der Waals surface area contributed by atoms with Crippen molar-refractivity contribution in [2.75, 3.05) is 11.9 Å². The summed E-state index contributed by atoms with van der Waals surface area (Å²) in [5, 5.41) is 7.30. The minimum atomic E-state index is -0.645. The number of fused-ring (bicyclic) bond motifs is 1. The van der Waals surface area contributed by atoms with E-state index in [-0.39, 0.29) is 5.56 Å². The Labute approximate surface area is 176 Å². The molecular weight excluding hydrogens is 404 g/mol. The van der Waals surface area contributed by atoms with E-state index in [1.807, 2.05) is 30.3 Å².